The normalized spacial score (nSPS) is 11.7. The first-order valence-electron chi connectivity index (χ1n) is 6.18. The molecule has 1 rings (SSSR count). The Kier molecular flexibility index (Phi) is 7.20. The van der Waals surface area contributed by atoms with Crippen LogP contribution in [0.25, 0.3) is 0 Å². The van der Waals surface area contributed by atoms with E-state index in [2.05, 4.69) is 12.1 Å². The number of halogens is 1. The van der Waals surface area contributed by atoms with Crippen molar-refractivity contribution in [2.45, 2.75) is 25.5 Å². The molecule has 0 atom stereocenters. The Balaban J connectivity index is 2.95. The quantitative estimate of drug-likeness (QED) is 0.542. The summed E-state index contributed by atoms with van der Waals surface area (Å²) in [7, 11) is 0. The number of alkyl halides is 1. The maximum absolute atomic E-state index is 6.06. The molecule has 0 saturated carbocycles. The molecule has 2 nitrogen and oxygen atoms in total. The standard InChI is InChI=1S/C13H21ClGeO2/c1-3-16-15(17-4-2,12-8-11-14)13-9-6-5-7-10-13/h5-7,9-10H,3-4,8,11-12H2,1-2H3. The summed E-state index contributed by atoms with van der Waals surface area (Å²) in [5, 5.41) is 0.967. The molecule has 0 radical (unpaired) electrons. The van der Waals surface area contributed by atoms with E-state index in [0.717, 1.165) is 11.7 Å². The summed E-state index contributed by atoms with van der Waals surface area (Å²) in [6, 6.07) is 10.4. The van der Waals surface area contributed by atoms with Crippen LogP contribution in [0, 0.1) is 0 Å². The van der Waals surface area contributed by atoms with Gasteiger partial charge < -0.3 is 0 Å². The predicted octanol–water partition coefficient (Wildman–Crippen LogP) is 3.04. The van der Waals surface area contributed by atoms with Crippen molar-refractivity contribution in [3.8, 4) is 0 Å². The van der Waals surface area contributed by atoms with Crippen LogP contribution in [0.2, 0.25) is 5.25 Å². The van der Waals surface area contributed by atoms with Gasteiger partial charge in [0, 0.05) is 0 Å². The summed E-state index contributed by atoms with van der Waals surface area (Å²) in [5.41, 5.74) is 0. The van der Waals surface area contributed by atoms with Crippen molar-refractivity contribution < 1.29 is 7.53 Å². The Morgan fingerprint density at radius 1 is 1.06 bits per heavy atom. The van der Waals surface area contributed by atoms with Gasteiger partial charge in [-0.2, -0.15) is 0 Å². The molecule has 1 aromatic rings. The van der Waals surface area contributed by atoms with Gasteiger partial charge in [-0.1, -0.05) is 0 Å². The van der Waals surface area contributed by atoms with Crippen LogP contribution in [0.15, 0.2) is 30.3 Å². The zero-order valence-corrected chi connectivity index (χ0v) is 13.5. The fourth-order valence-corrected chi connectivity index (χ4v) is 9.42. The van der Waals surface area contributed by atoms with E-state index >= 15 is 0 Å². The van der Waals surface area contributed by atoms with Gasteiger partial charge in [0.15, 0.2) is 0 Å². The fourth-order valence-electron chi connectivity index (χ4n) is 1.95. The van der Waals surface area contributed by atoms with E-state index in [-0.39, 0.29) is 0 Å². The minimum atomic E-state index is -2.85. The molecular weight excluding hydrogens is 296 g/mol. The molecule has 0 aliphatic carbocycles. The van der Waals surface area contributed by atoms with Crippen molar-refractivity contribution in [1.29, 1.82) is 0 Å². The van der Waals surface area contributed by atoms with Gasteiger partial charge in [-0.15, -0.1) is 0 Å². The molecule has 0 amide bonds. The topological polar surface area (TPSA) is 18.5 Å². The molecule has 0 aromatic heterocycles. The average molecular weight is 317 g/mol. The second kappa shape index (κ2) is 8.14. The molecule has 4 heteroatoms. The molecule has 96 valence electrons. The van der Waals surface area contributed by atoms with Crippen molar-refractivity contribution >= 4 is 29.9 Å². The van der Waals surface area contributed by atoms with Gasteiger partial charge in [0.2, 0.25) is 0 Å². The Bertz CT molecular complexity index is 300. The molecule has 0 spiro atoms. The SMILES string of the molecule is CC[O][Ge]([CH2]CCCl)([O]CC)[c]1ccccc1. The summed E-state index contributed by atoms with van der Waals surface area (Å²) >= 11 is 2.96. The summed E-state index contributed by atoms with van der Waals surface area (Å²) in [6.45, 7) is 5.47. The van der Waals surface area contributed by atoms with Crippen LogP contribution >= 0.6 is 11.6 Å². The molecular formula is C13H21ClGeO2. The van der Waals surface area contributed by atoms with Gasteiger partial charge >= 0.3 is 112 Å². The summed E-state index contributed by atoms with van der Waals surface area (Å²) in [6.07, 6.45) is 0.955. The van der Waals surface area contributed by atoms with E-state index in [0.29, 0.717) is 19.1 Å². The molecule has 0 N–H and O–H groups in total. The summed E-state index contributed by atoms with van der Waals surface area (Å²) in [5.74, 6) is 0.667. The van der Waals surface area contributed by atoms with Gasteiger partial charge in [-0.05, 0) is 0 Å². The average Bonchev–Trinajstić information content (AvgIpc) is 2.37. The number of hydrogen-bond acceptors (Lipinski definition) is 2. The van der Waals surface area contributed by atoms with Crippen LogP contribution in [-0.2, 0) is 7.53 Å². The second-order valence-electron chi connectivity index (χ2n) is 3.78. The second-order valence-corrected chi connectivity index (χ2v) is 10.8. The predicted molar refractivity (Wildman–Crippen MR) is 75.2 cm³/mol. The molecule has 0 bridgehead atoms. The van der Waals surface area contributed by atoms with E-state index in [1.165, 1.54) is 4.40 Å². The third-order valence-electron chi connectivity index (χ3n) is 2.61. The van der Waals surface area contributed by atoms with Gasteiger partial charge in [-0.25, -0.2) is 0 Å². The van der Waals surface area contributed by atoms with Crippen LogP contribution in [0.1, 0.15) is 20.3 Å². The van der Waals surface area contributed by atoms with Crippen molar-refractivity contribution in [2.75, 3.05) is 19.1 Å². The van der Waals surface area contributed by atoms with E-state index in [1.807, 2.05) is 32.0 Å². The molecule has 1 aromatic carbocycles. The van der Waals surface area contributed by atoms with E-state index in [4.69, 9.17) is 19.1 Å². The van der Waals surface area contributed by atoms with Crippen LogP contribution in [-0.4, -0.2) is 33.0 Å². The Morgan fingerprint density at radius 2 is 1.65 bits per heavy atom. The maximum atomic E-state index is 6.06. The number of benzene rings is 1. The molecule has 0 fully saturated rings. The molecule has 0 unspecified atom stereocenters. The van der Waals surface area contributed by atoms with Crippen molar-refractivity contribution in [3.05, 3.63) is 30.3 Å². The Morgan fingerprint density at radius 3 is 2.12 bits per heavy atom. The van der Waals surface area contributed by atoms with Gasteiger partial charge in [0.25, 0.3) is 0 Å². The summed E-state index contributed by atoms with van der Waals surface area (Å²) in [4.78, 5) is 0. The van der Waals surface area contributed by atoms with E-state index in [9.17, 15) is 0 Å². The van der Waals surface area contributed by atoms with Gasteiger partial charge in [0.05, 0.1) is 0 Å². The van der Waals surface area contributed by atoms with Crippen LogP contribution in [0.3, 0.4) is 0 Å². The Labute approximate surface area is 112 Å². The molecule has 0 saturated heterocycles. The van der Waals surface area contributed by atoms with Crippen LogP contribution < -0.4 is 4.40 Å². The van der Waals surface area contributed by atoms with Crippen LogP contribution in [0.5, 0.6) is 0 Å². The summed E-state index contributed by atoms with van der Waals surface area (Å²) < 4.78 is 13.4. The molecule has 0 aliphatic rings. The van der Waals surface area contributed by atoms with E-state index < -0.39 is 13.9 Å². The zero-order valence-electron chi connectivity index (χ0n) is 10.6. The van der Waals surface area contributed by atoms with E-state index in [1.54, 1.807) is 0 Å². The monoisotopic (exact) mass is 318 g/mol. The first-order chi connectivity index (χ1) is 8.29. The van der Waals surface area contributed by atoms with Crippen molar-refractivity contribution in [2.24, 2.45) is 0 Å². The fraction of sp³-hybridized carbons (Fsp3) is 0.538. The van der Waals surface area contributed by atoms with Crippen LogP contribution in [0.4, 0.5) is 0 Å². The number of rotatable bonds is 8. The first kappa shape index (κ1) is 15.0. The number of hydrogen-bond donors (Lipinski definition) is 0. The third-order valence-corrected chi connectivity index (χ3v) is 10.7. The minimum absolute atomic E-state index is 0.667. The third kappa shape index (κ3) is 4.29. The van der Waals surface area contributed by atoms with Crippen molar-refractivity contribution in [3.63, 3.8) is 0 Å². The first-order valence-corrected chi connectivity index (χ1v) is 11.0. The van der Waals surface area contributed by atoms with Gasteiger partial charge in [-0.3, -0.25) is 0 Å². The van der Waals surface area contributed by atoms with Gasteiger partial charge in [0.1, 0.15) is 0 Å². The van der Waals surface area contributed by atoms with Crippen molar-refractivity contribution in [1.82, 2.24) is 0 Å². The Hall–Kier alpha value is -0.0271. The molecule has 0 aliphatic heterocycles. The molecule has 0 heterocycles. The zero-order chi connectivity index (χ0) is 12.6. The molecule has 17 heavy (non-hydrogen) atoms.